The van der Waals surface area contributed by atoms with Crippen LogP contribution in [0, 0.1) is 21.7 Å². The lowest BCUT2D eigenvalue weighted by Crippen LogP contribution is -2.04. The van der Waals surface area contributed by atoms with Gasteiger partial charge in [-0.2, -0.15) is 0 Å². The van der Waals surface area contributed by atoms with Crippen molar-refractivity contribution in [3.8, 4) is 0 Å². The minimum atomic E-state index is -1.04. The van der Waals surface area contributed by atoms with E-state index >= 15 is 0 Å². The monoisotopic (exact) mass is 375 g/mol. The minimum Gasteiger partial charge on any atom is -0.258 e. The van der Waals surface area contributed by atoms with Crippen molar-refractivity contribution in [3.05, 3.63) is 73.7 Å². The summed E-state index contributed by atoms with van der Waals surface area (Å²) in [7, 11) is 0. The average molecular weight is 377 g/mol. The number of alkyl halides is 1. The molecule has 0 fully saturated rings. The van der Waals surface area contributed by atoms with Crippen LogP contribution in [-0.2, 0) is 6.42 Å². The Balaban J connectivity index is 2.35. The third-order valence-electron chi connectivity index (χ3n) is 2.94. The maximum Gasteiger partial charge on any atom is 0.272 e. The van der Waals surface area contributed by atoms with E-state index in [1.165, 1.54) is 18.2 Å². The predicted molar refractivity (Wildman–Crippen MR) is 79.5 cm³/mol. The molecule has 0 spiro atoms. The number of halogens is 4. The Morgan fingerprint density at radius 1 is 1.24 bits per heavy atom. The molecular weight excluding hydrogens is 368 g/mol. The fraction of sp³-hybridized carbons (Fsp3) is 0.143. The first-order chi connectivity index (χ1) is 9.90. The normalized spacial score (nSPS) is 12.2. The summed E-state index contributed by atoms with van der Waals surface area (Å²) in [6, 6.07) is 8.18. The fourth-order valence-corrected chi connectivity index (χ4v) is 2.79. The van der Waals surface area contributed by atoms with E-state index in [0.717, 1.165) is 12.1 Å². The van der Waals surface area contributed by atoms with Gasteiger partial charge >= 0.3 is 0 Å². The van der Waals surface area contributed by atoms with Crippen LogP contribution in [-0.4, -0.2) is 4.92 Å². The average Bonchev–Trinajstić information content (AvgIpc) is 2.37. The molecule has 0 bridgehead atoms. The van der Waals surface area contributed by atoms with Crippen LogP contribution < -0.4 is 0 Å². The largest absolute Gasteiger partial charge is 0.272 e. The van der Waals surface area contributed by atoms with E-state index in [0.29, 0.717) is 5.56 Å². The van der Waals surface area contributed by atoms with Crippen LogP contribution in [0.5, 0.6) is 0 Å². The second-order valence-corrected chi connectivity index (χ2v) is 5.78. The molecular formula is C14H9BrClF2NO2. The highest BCUT2D eigenvalue weighted by Crippen LogP contribution is 2.33. The van der Waals surface area contributed by atoms with Gasteiger partial charge < -0.3 is 0 Å². The first-order valence-corrected chi connectivity index (χ1v) is 7.14. The van der Waals surface area contributed by atoms with Gasteiger partial charge in [-0.1, -0.05) is 34.1 Å². The summed E-state index contributed by atoms with van der Waals surface area (Å²) in [4.78, 5) is 10.4. The molecule has 0 aromatic heterocycles. The summed E-state index contributed by atoms with van der Waals surface area (Å²) < 4.78 is 27.9. The van der Waals surface area contributed by atoms with Crippen molar-refractivity contribution in [1.29, 1.82) is 0 Å². The fourth-order valence-electron chi connectivity index (χ4n) is 2.01. The molecule has 3 nitrogen and oxygen atoms in total. The van der Waals surface area contributed by atoms with Gasteiger partial charge in [0.05, 0.1) is 10.3 Å². The zero-order valence-electron chi connectivity index (χ0n) is 10.5. The first kappa shape index (κ1) is 15.9. The highest BCUT2D eigenvalue weighted by Gasteiger charge is 2.22. The molecule has 0 aliphatic rings. The maximum absolute atomic E-state index is 13.8. The van der Waals surface area contributed by atoms with Crippen molar-refractivity contribution < 1.29 is 13.7 Å². The topological polar surface area (TPSA) is 43.1 Å². The summed E-state index contributed by atoms with van der Waals surface area (Å²) in [6.07, 6.45) is -0.0474. The second kappa shape index (κ2) is 6.49. The number of nitro benzene ring substituents is 1. The molecule has 2 aromatic carbocycles. The number of hydrogen-bond donors (Lipinski definition) is 0. The number of benzene rings is 2. The molecule has 0 heterocycles. The summed E-state index contributed by atoms with van der Waals surface area (Å²) >= 11 is 9.04. The molecule has 0 saturated heterocycles. The standard InChI is InChI=1S/C14H9BrClF2NO2/c15-9-6-11(17)14(12(18)7-9)10(16)5-8-3-1-2-4-13(8)19(20)21/h1-4,6-7,10H,5H2. The quantitative estimate of drug-likeness (QED) is 0.420. The SMILES string of the molecule is O=[N+]([O-])c1ccccc1CC(Cl)c1c(F)cc(Br)cc1F. The van der Waals surface area contributed by atoms with Crippen LogP contribution in [0.4, 0.5) is 14.5 Å². The van der Waals surface area contributed by atoms with Crippen molar-refractivity contribution in [3.63, 3.8) is 0 Å². The Kier molecular flexibility index (Phi) is 4.90. The third kappa shape index (κ3) is 3.57. The van der Waals surface area contributed by atoms with Gasteiger partial charge in [-0.15, -0.1) is 11.6 Å². The Morgan fingerprint density at radius 2 is 1.81 bits per heavy atom. The van der Waals surface area contributed by atoms with E-state index in [1.54, 1.807) is 6.07 Å². The Morgan fingerprint density at radius 3 is 2.38 bits per heavy atom. The predicted octanol–water partition coefficient (Wildman–Crippen LogP) is 5.16. The number of para-hydroxylation sites is 1. The summed E-state index contributed by atoms with van der Waals surface area (Å²) in [5.41, 5.74) is -0.0942. The lowest BCUT2D eigenvalue weighted by Gasteiger charge is -2.12. The van der Waals surface area contributed by atoms with Crippen molar-refractivity contribution in [1.82, 2.24) is 0 Å². The molecule has 1 unspecified atom stereocenters. The van der Waals surface area contributed by atoms with Crippen molar-refractivity contribution in [2.45, 2.75) is 11.8 Å². The van der Waals surface area contributed by atoms with Gasteiger partial charge in [-0.25, -0.2) is 8.78 Å². The highest BCUT2D eigenvalue weighted by atomic mass is 79.9. The third-order valence-corrected chi connectivity index (χ3v) is 3.77. The van der Waals surface area contributed by atoms with Gasteiger partial charge in [-0.05, 0) is 18.6 Å². The molecule has 0 aliphatic carbocycles. The Hall–Kier alpha value is -1.53. The zero-order valence-corrected chi connectivity index (χ0v) is 12.9. The van der Waals surface area contributed by atoms with E-state index in [4.69, 9.17) is 11.6 Å². The van der Waals surface area contributed by atoms with Crippen molar-refractivity contribution in [2.75, 3.05) is 0 Å². The van der Waals surface area contributed by atoms with Gasteiger partial charge in [0.1, 0.15) is 11.6 Å². The van der Waals surface area contributed by atoms with Gasteiger partial charge in [0, 0.05) is 21.7 Å². The van der Waals surface area contributed by atoms with E-state index in [2.05, 4.69) is 15.9 Å². The van der Waals surface area contributed by atoms with Crippen LogP contribution in [0.25, 0.3) is 0 Å². The molecule has 7 heteroatoms. The van der Waals surface area contributed by atoms with Crippen LogP contribution in [0.2, 0.25) is 0 Å². The number of hydrogen-bond acceptors (Lipinski definition) is 2. The van der Waals surface area contributed by atoms with Gasteiger partial charge in [-0.3, -0.25) is 10.1 Å². The first-order valence-electron chi connectivity index (χ1n) is 5.91. The van der Waals surface area contributed by atoms with Crippen LogP contribution in [0.1, 0.15) is 16.5 Å². The van der Waals surface area contributed by atoms with Gasteiger partial charge in [0.2, 0.25) is 0 Å². The van der Waals surface area contributed by atoms with E-state index in [-0.39, 0.29) is 22.1 Å². The lowest BCUT2D eigenvalue weighted by atomic mass is 10.0. The number of rotatable bonds is 4. The maximum atomic E-state index is 13.8. The van der Waals surface area contributed by atoms with E-state index in [9.17, 15) is 18.9 Å². The lowest BCUT2D eigenvalue weighted by molar-refractivity contribution is -0.385. The molecule has 21 heavy (non-hydrogen) atoms. The second-order valence-electron chi connectivity index (χ2n) is 4.34. The van der Waals surface area contributed by atoms with Gasteiger partial charge in [0.15, 0.2) is 0 Å². The molecule has 2 rings (SSSR count). The van der Waals surface area contributed by atoms with Crippen LogP contribution >= 0.6 is 27.5 Å². The summed E-state index contributed by atoms with van der Waals surface area (Å²) in [5.74, 6) is -1.58. The van der Waals surface area contributed by atoms with Crippen LogP contribution in [0.15, 0.2) is 40.9 Å². The van der Waals surface area contributed by atoms with Crippen LogP contribution in [0.3, 0.4) is 0 Å². The van der Waals surface area contributed by atoms with Crippen molar-refractivity contribution in [2.24, 2.45) is 0 Å². The summed E-state index contributed by atoms with van der Waals surface area (Å²) in [6.45, 7) is 0. The molecule has 0 amide bonds. The van der Waals surface area contributed by atoms with E-state index < -0.39 is 21.9 Å². The minimum absolute atomic E-state index is 0.0474. The zero-order chi connectivity index (χ0) is 15.6. The number of nitrogens with zero attached hydrogens (tertiary/aromatic N) is 1. The molecule has 0 N–H and O–H groups in total. The molecule has 2 aromatic rings. The summed E-state index contributed by atoms with van der Waals surface area (Å²) in [5, 5.41) is 9.88. The van der Waals surface area contributed by atoms with E-state index in [1.807, 2.05) is 0 Å². The molecule has 1 atom stereocenters. The van der Waals surface area contributed by atoms with Gasteiger partial charge in [0.25, 0.3) is 5.69 Å². The molecule has 0 saturated carbocycles. The number of nitro groups is 1. The van der Waals surface area contributed by atoms with Crippen molar-refractivity contribution >= 4 is 33.2 Å². The molecule has 110 valence electrons. The Bertz CT molecular complexity index is 673. The Labute approximate surface area is 132 Å². The molecule has 0 aliphatic heterocycles. The molecule has 0 radical (unpaired) electrons. The highest BCUT2D eigenvalue weighted by molar-refractivity contribution is 9.10. The smallest absolute Gasteiger partial charge is 0.258 e.